The molecule has 0 aliphatic heterocycles. The molecule has 0 bridgehead atoms. The van der Waals surface area contributed by atoms with Crippen molar-refractivity contribution in [1.29, 1.82) is 5.26 Å². The van der Waals surface area contributed by atoms with Crippen molar-refractivity contribution >= 4 is 5.97 Å². The van der Waals surface area contributed by atoms with Gasteiger partial charge in [0, 0.05) is 13.1 Å². The average molecular weight is 224 g/mol. The molecule has 0 aliphatic carbocycles. The van der Waals surface area contributed by atoms with Crippen LogP contribution in [0.1, 0.15) is 6.42 Å². The Bertz CT molecular complexity index is 260. The van der Waals surface area contributed by atoms with Gasteiger partial charge >= 0.3 is 12.1 Å². The van der Waals surface area contributed by atoms with Crippen LogP contribution in [0.2, 0.25) is 0 Å². The van der Waals surface area contributed by atoms with Crippen molar-refractivity contribution < 1.29 is 23.1 Å². The van der Waals surface area contributed by atoms with E-state index in [0.717, 1.165) is 6.07 Å². The molecule has 4 nitrogen and oxygen atoms in total. The van der Waals surface area contributed by atoms with Crippen LogP contribution in [0.25, 0.3) is 0 Å². The van der Waals surface area contributed by atoms with E-state index in [4.69, 9.17) is 10.4 Å². The number of carboxylic acids is 1. The van der Waals surface area contributed by atoms with Crippen molar-refractivity contribution in [3.63, 3.8) is 0 Å². The summed E-state index contributed by atoms with van der Waals surface area (Å²) in [7, 11) is 1.35. The molecule has 1 unspecified atom stereocenters. The molecule has 0 amide bonds. The monoisotopic (exact) mass is 224 g/mol. The summed E-state index contributed by atoms with van der Waals surface area (Å²) in [5, 5.41) is 16.6. The van der Waals surface area contributed by atoms with Crippen molar-refractivity contribution in [3.8, 4) is 6.07 Å². The van der Waals surface area contributed by atoms with Gasteiger partial charge in [-0.15, -0.1) is 0 Å². The lowest BCUT2D eigenvalue weighted by Crippen LogP contribution is -2.34. The third kappa shape index (κ3) is 5.91. The number of rotatable bonds is 5. The quantitative estimate of drug-likeness (QED) is 0.759. The minimum absolute atomic E-state index is 0.0103. The second-order valence-corrected chi connectivity index (χ2v) is 3.13. The fraction of sp³-hybridized carbons (Fsp3) is 0.750. The van der Waals surface area contributed by atoms with Gasteiger partial charge in [0.05, 0.1) is 12.5 Å². The molecule has 1 atom stereocenters. The van der Waals surface area contributed by atoms with Gasteiger partial charge in [0.1, 0.15) is 0 Å². The molecule has 0 heterocycles. The Morgan fingerprint density at radius 3 is 2.47 bits per heavy atom. The van der Waals surface area contributed by atoms with E-state index in [1.807, 2.05) is 0 Å². The van der Waals surface area contributed by atoms with E-state index in [1.54, 1.807) is 0 Å². The predicted molar refractivity (Wildman–Crippen MR) is 44.9 cm³/mol. The second-order valence-electron chi connectivity index (χ2n) is 3.13. The van der Waals surface area contributed by atoms with Crippen molar-refractivity contribution in [3.05, 3.63) is 0 Å². The van der Waals surface area contributed by atoms with Crippen LogP contribution in [0.5, 0.6) is 0 Å². The first kappa shape index (κ1) is 13.7. The number of aliphatic carboxylic acids is 1. The summed E-state index contributed by atoms with van der Waals surface area (Å²) in [5.74, 6) is -3.15. The summed E-state index contributed by atoms with van der Waals surface area (Å²) < 4.78 is 36.3. The molecule has 0 rings (SSSR count). The molecule has 0 aromatic rings. The summed E-state index contributed by atoms with van der Waals surface area (Å²) in [5.41, 5.74) is 0. The molecule has 0 radical (unpaired) electrons. The average Bonchev–Trinajstić information content (AvgIpc) is 2.08. The number of hydrogen-bond donors (Lipinski definition) is 1. The van der Waals surface area contributed by atoms with Crippen LogP contribution in [0, 0.1) is 17.2 Å². The van der Waals surface area contributed by atoms with Crippen molar-refractivity contribution in [2.45, 2.75) is 12.6 Å². The van der Waals surface area contributed by atoms with Crippen LogP contribution in [0.4, 0.5) is 13.2 Å². The Kier molecular flexibility index (Phi) is 5.08. The number of carbonyl (C=O) groups is 1. The number of nitriles is 1. The highest BCUT2D eigenvalue weighted by Gasteiger charge is 2.40. The minimum Gasteiger partial charge on any atom is -0.481 e. The Morgan fingerprint density at radius 1 is 1.60 bits per heavy atom. The first-order chi connectivity index (χ1) is 6.77. The Hall–Kier alpha value is -1.29. The van der Waals surface area contributed by atoms with E-state index >= 15 is 0 Å². The van der Waals surface area contributed by atoms with E-state index in [1.165, 1.54) is 11.9 Å². The standard InChI is InChI=1S/C8H11F3N2O2/c1-13(3-2-7(14)15)5-6(4-12)8(9,10)11/h6H,2-3,5H2,1H3,(H,14,15). The van der Waals surface area contributed by atoms with Crippen LogP contribution in [-0.4, -0.2) is 42.3 Å². The van der Waals surface area contributed by atoms with Gasteiger partial charge in [-0.25, -0.2) is 0 Å². The molecule has 0 aliphatic rings. The van der Waals surface area contributed by atoms with E-state index in [-0.39, 0.29) is 13.0 Å². The highest BCUT2D eigenvalue weighted by Crippen LogP contribution is 2.25. The SMILES string of the molecule is CN(CCC(=O)O)CC(C#N)C(F)(F)F. The van der Waals surface area contributed by atoms with Gasteiger partial charge in [0.2, 0.25) is 0 Å². The van der Waals surface area contributed by atoms with Gasteiger partial charge in [0.25, 0.3) is 0 Å². The van der Waals surface area contributed by atoms with Crippen LogP contribution in [0.3, 0.4) is 0 Å². The van der Waals surface area contributed by atoms with E-state index in [0.29, 0.717) is 0 Å². The molecule has 0 aromatic heterocycles. The number of carboxylic acid groups (broad SMARTS) is 1. The molecule has 1 N–H and O–H groups in total. The van der Waals surface area contributed by atoms with Crippen molar-refractivity contribution in [2.75, 3.05) is 20.1 Å². The number of alkyl halides is 3. The van der Waals surface area contributed by atoms with Crippen LogP contribution < -0.4 is 0 Å². The molecule has 86 valence electrons. The maximum absolute atomic E-state index is 12.1. The van der Waals surface area contributed by atoms with E-state index < -0.39 is 24.6 Å². The summed E-state index contributed by atoms with van der Waals surface area (Å²) in [6, 6.07) is 1.15. The molecule has 0 fully saturated rings. The zero-order valence-electron chi connectivity index (χ0n) is 8.08. The Balaban J connectivity index is 4.09. The van der Waals surface area contributed by atoms with Crippen LogP contribution in [0.15, 0.2) is 0 Å². The maximum Gasteiger partial charge on any atom is 0.405 e. The van der Waals surface area contributed by atoms with Gasteiger partial charge < -0.3 is 10.0 Å². The summed E-state index contributed by atoms with van der Waals surface area (Å²) in [6.45, 7) is -0.517. The molecule has 0 saturated carbocycles. The fourth-order valence-corrected chi connectivity index (χ4v) is 0.907. The molecule has 0 spiro atoms. The second kappa shape index (κ2) is 5.56. The molecule has 7 heteroatoms. The molecule has 0 aromatic carbocycles. The van der Waals surface area contributed by atoms with Crippen LogP contribution >= 0.6 is 0 Å². The molecule has 15 heavy (non-hydrogen) atoms. The smallest absolute Gasteiger partial charge is 0.405 e. The van der Waals surface area contributed by atoms with Gasteiger partial charge in [-0.2, -0.15) is 18.4 Å². The van der Waals surface area contributed by atoms with Crippen molar-refractivity contribution in [1.82, 2.24) is 4.90 Å². The first-order valence-electron chi connectivity index (χ1n) is 4.14. The highest BCUT2D eigenvalue weighted by atomic mass is 19.4. The third-order valence-electron chi connectivity index (χ3n) is 1.75. The number of halogens is 3. The Labute approximate surface area is 84.9 Å². The Morgan fingerprint density at radius 2 is 2.13 bits per heavy atom. The lowest BCUT2D eigenvalue weighted by atomic mass is 10.1. The first-order valence-corrected chi connectivity index (χ1v) is 4.14. The lowest BCUT2D eigenvalue weighted by molar-refractivity contribution is -0.162. The summed E-state index contributed by atoms with van der Waals surface area (Å²) >= 11 is 0. The highest BCUT2D eigenvalue weighted by molar-refractivity contribution is 5.66. The summed E-state index contributed by atoms with van der Waals surface area (Å²) in [6.07, 6.45) is -4.81. The van der Waals surface area contributed by atoms with Gasteiger partial charge in [-0.05, 0) is 7.05 Å². The topological polar surface area (TPSA) is 64.3 Å². The number of hydrogen-bond acceptors (Lipinski definition) is 3. The van der Waals surface area contributed by atoms with E-state index in [2.05, 4.69) is 0 Å². The zero-order chi connectivity index (χ0) is 12.1. The summed E-state index contributed by atoms with van der Waals surface area (Å²) in [4.78, 5) is 11.3. The fourth-order valence-electron chi connectivity index (χ4n) is 0.907. The predicted octanol–water partition coefficient (Wildman–Crippen LogP) is 1.09. The van der Waals surface area contributed by atoms with E-state index in [9.17, 15) is 18.0 Å². The zero-order valence-corrected chi connectivity index (χ0v) is 8.08. The van der Waals surface area contributed by atoms with Gasteiger partial charge in [0.15, 0.2) is 5.92 Å². The third-order valence-corrected chi connectivity index (χ3v) is 1.75. The molecule has 0 saturated heterocycles. The minimum atomic E-state index is -4.56. The van der Waals surface area contributed by atoms with Gasteiger partial charge in [-0.3, -0.25) is 4.79 Å². The molecular weight excluding hydrogens is 213 g/mol. The van der Waals surface area contributed by atoms with Crippen LogP contribution in [-0.2, 0) is 4.79 Å². The van der Waals surface area contributed by atoms with Crippen molar-refractivity contribution in [2.24, 2.45) is 5.92 Å². The number of nitrogens with zero attached hydrogens (tertiary/aromatic N) is 2. The lowest BCUT2D eigenvalue weighted by Gasteiger charge is -2.20. The molecular formula is C8H11F3N2O2. The van der Waals surface area contributed by atoms with Gasteiger partial charge in [-0.1, -0.05) is 0 Å². The maximum atomic E-state index is 12.1. The largest absolute Gasteiger partial charge is 0.481 e. The normalized spacial score (nSPS) is 13.6.